The largest absolute Gasteiger partial charge is 0.380 e. The first-order chi connectivity index (χ1) is 16.7. The topological polar surface area (TPSA) is 66.9 Å². The number of hydrogen-bond acceptors (Lipinski definition) is 4. The van der Waals surface area contributed by atoms with Crippen LogP contribution in [0.4, 0.5) is 17.2 Å². The van der Waals surface area contributed by atoms with Crippen LogP contribution < -0.4 is 10.6 Å². The summed E-state index contributed by atoms with van der Waals surface area (Å²) in [4.78, 5) is 20.9. The van der Waals surface area contributed by atoms with Gasteiger partial charge in [0, 0.05) is 44.3 Å². The molecule has 0 bridgehead atoms. The fourth-order valence-electron chi connectivity index (χ4n) is 4.64. The molecule has 2 saturated carbocycles. The van der Waals surface area contributed by atoms with Crippen LogP contribution in [0.2, 0.25) is 0 Å². The van der Waals surface area contributed by atoms with Crippen LogP contribution >= 0.6 is 0 Å². The summed E-state index contributed by atoms with van der Waals surface area (Å²) in [5.41, 5.74) is 3.70. The van der Waals surface area contributed by atoms with Crippen molar-refractivity contribution in [2.24, 2.45) is 11.8 Å². The zero-order valence-corrected chi connectivity index (χ0v) is 23.0. The predicted molar refractivity (Wildman–Crippen MR) is 137 cm³/mol. The van der Waals surface area contributed by atoms with Gasteiger partial charge in [0.1, 0.15) is 0 Å². The molecule has 2 aromatic carbocycles. The van der Waals surface area contributed by atoms with Crippen LogP contribution in [0.5, 0.6) is 0 Å². The molecule has 1 radical (unpaired) electrons. The van der Waals surface area contributed by atoms with E-state index in [9.17, 15) is 4.79 Å². The summed E-state index contributed by atoms with van der Waals surface area (Å²) in [6, 6.07) is 15.6. The van der Waals surface area contributed by atoms with Crippen molar-refractivity contribution in [2.75, 3.05) is 10.6 Å². The normalized spacial score (nSPS) is 16.2. The number of fused-ring (bicyclic) bond motifs is 1. The fourth-order valence-corrected chi connectivity index (χ4v) is 4.64. The molecule has 5 nitrogen and oxygen atoms in total. The Hall–Kier alpha value is -2.29. The molecule has 35 heavy (non-hydrogen) atoms. The van der Waals surface area contributed by atoms with Gasteiger partial charge in [0.05, 0.1) is 12.1 Å². The van der Waals surface area contributed by atoms with Gasteiger partial charge in [0.2, 0.25) is 0 Å². The maximum atomic E-state index is 12.1. The second kappa shape index (κ2) is 12.6. The van der Waals surface area contributed by atoms with Gasteiger partial charge in [0.15, 0.2) is 0 Å². The van der Waals surface area contributed by atoms with Gasteiger partial charge in [-0.05, 0) is 60.0 Å². The minimum atomic E-state index is -0.311. The standard InChI is InChI=1S/C29H31N4O.Y/c34-28(17-12-21-8-9-21)32-25-15-16-27-26(19-25)29(31-20-30-27)33-24-13-10-23(11-14-24)18-22-6-4-2-1-3-5-7-22;/h10-11,13-16,20-22H,1-9,18H2,(H,32,34)(H,30,31,33);/q-1;. The van der Waals surface area contributed by atoms with Crippen molar-refractivity contribution < 1.29 is 37.5 Å². The molecule has 5 rings (SSSR count). The Morgan fingerprint density at radius 1 is 0.943 bits per heavy atom. The van der Waals surface area contributed by atoms with E-state index in [0.717, 1.165) is 41.8 Å². The van der Waals surface area contributed by atoms with Gasteiger partial charge in [-0.2, -0.15) is 0 Å². The molecule has 3 aromatic rings. The molecule has 177 valence electrons. The van der Waals surface area contributed by atoms with E-state index in [0.29, 0.717) is 17.4 Å². The minimum Gasteiger partial charge on any atom is -0.380 e. The first kappa shape index (κ1) is 25.8. The minimum absolute atomic E-state index is 0. The number of hydrogen-bond donors (Lipinski definition) is 2. The molecule has 2 aliphatic rings. The molecule has 0 spiro atoms. The van der Waals surface area contributed by atoms with E-state index in [2.05, 4.69) is 62.8 Å². The maximum absolute atomic E-state index is 12.1. The summed E-state index contributed by atoms with van der Waals surface area (Å²) in [5.74, 6) is 7.20. The van der Waals surface area contributed by atoms with Crippen molar-refractivity contribution in [3.05, 3.63) is 54.4 Å². The fraction of sp³-hybridized carbons (Fsp3) is 0.414. The molecular weight excluding hydrogens is 509 g/mol. The van der Waals surface area contributed by atoms with E-state index in [1.165, 1.54) is 50.5 Å². The Bertz CT molecular complexity index is 1200. The van der Waals surface area contributed by atoms with Crippen LogP contribution in [0, 0.1) is 29.7 Å². The number of nitrogens with zero attached hydrogens (tertiary/aromatic N) is 2. The molecule has 0 saturated heterocycles. The van der Waals surface area contributed by atoms with Gasteiger partial charge < -0.3 is 10.6 Å². The Balaban J connectivity index is 0.00000289. The van der Waals surface area contributed by atoms with Crippen molar-refractivity contribution >= 4 is 34.0 Å². The second-order valence-corrected chi connectivity index (χ2v) is 9.59. The van der Waals surface area contributed by atoms with E-state index in [1.807, 2.05) is 6.07 Å². The molecular formula is C29H31N4OY-. The van der Waals surface area contributed by atoms with Crippen molar-refractivity contribution in [2.45, 2.75) is 64.2 Å². The Morgan fingerprint density at radius 2 is 1.69 bits per heavy atom. The van der Waals surface area contributed by atoms with Crippen LogP contribution in [0.25, 0.3) is 10.9 Å². The van der Waals surface area contributed by atoms with Crippen LogP contribution in [0.1, 0.15) is 63.4 Å². The quantitative estimate of drug-likeness (QED) is 0.289. The van der Waals surface area contributed by atoms with E-state index < -0.39 is 0 Å². The first-order valence-electron chi connectivity index (χ1n) is 12.6. The van der Waals surface area contributed by atoms with Crippen molar-refractivity contribution in [1.29, 1.82) is 0 Å². The number of benzene rings is 2. The molecule has 0 unspecified atom stereocenters. The summed E-state index contributed by atoms with van der Waals surface area (Å²) >= 11 is 0. The molecule has 2 fully saturated rings. The third-order valence-corrected chi connectivity index (χ3v) is 6.73. The van der Waals surface area contributed by atoms with Gasteiger partial charge in [-0.1, -0.05) is 68.4 Å². The Morgan fingerprint density at radius 3 is 2.43 bits per heavy atom. The zero-order chi connectivity index (χ0) is 23.2. The van der Waals surface area contributed by atoms with E-state index in [4.69, 9.17) is 0 Å². The van der Waals surface area contributed by atoms with Crippen LogP contribution in [0.15, 0.2) is 42.7 Å². The summed E-state index contributed by atoms with van der Waals surface area (Å²) in [6.45, 7) is 0. The zero-order valence-electron chi connectivity index (χ0n) is 20.1. The van der Waals surface area contributed by atoms with E-state index in [-0.39, 0.29) is 38.6 Å². The Kier molecular flexibility index (Phi) is 9.29. The van der Waals surface area contributed by atoms with Crippen LogP contribution in [-0.2, 0) is 43.9 Å². The average Bonchev–Trinajstić information content (AvgIpc) is 3.66. The molecule has 1 amide bonds. The number of rotatable bonds is 5. The monoisotopic (exact) mass is 540 g/mol. The van der Waals surface area contributed by atoms with Gasteiger partial charge >= 0.3 is 0 Å². The number of anilines is 3. The molecule has 0 atom stereocenters. The molecule has 0 aliphatic heterocycles. The molecule has 1 heterocycles. The molecule has 1 aromatic heterocycles. The number of aromatic nitrogens is 2. The third kappa shape index (κ3) is 7.60. The molecule has 2 aliphatic carbocycles. The smallest absolute Gasteiger partial charge is 0.298 e. The molecule has 6 heteroatoms. The second-order valence-electron chi connectivity index (χ2n) is 9.59. The van der Waals surface area contributed by atoms with E-state index >= 15 is 0 Å². The summed E-state index contributed by atoms with van der Waals surface area (Å²) in [5, 5.41) is 6.94. The third-order valence-electron chi connectivity index (χ3n) is 6.73. The summed E-state index contributed by atoms with van der Waals surface area (Å²) < 4.78 is 0. The summed E-state index contributed by atoms with van der Waals surface area (Å²) in [6.07, 6.45) is 14.5. The summed E-state index contributed by atoms with van der Waals surface area (Å²) in [7, 11) is 0. The van der Waals surface area contributed by atoms with E-state index in [1.54, 1.807) is 12.4 Å². The number of carbonyl (C=O) groups is 1. The SMILES string of the molecule is O=C(C#CC1CC1)Nc1[c-]c2c(Nc3ccc(CC4CCCCCCC4)cc3)ncnc2cc1.[Y]. The van der Waals surface area contributed by atoms with Crippen molar-refractivity contribution in [1.82, 2.24) is 9.97 Å². The number of amides is 1. The van der Waals surface area contributed by atoms with Crippen LogP contribution in [-0.4, -0.2) is 15.9 Å². The van der Waals surface area contributed by atoms with Gasteiger partial charge in [0.25, 0.3) is 5.91 Å². The van der Waals surface area contributed by atoms with Gasteiger partial charge in [-0.25, -0.2) is 0 Å². The van der Waals surface area contributed by atoms with Gasteiger partial charge in [-0.3, -0.25) is 14.8 Å². The number of carbonyl (C=O) groups excluding carboxylic acids is 1. The maximum Gasteiger partial charge on any atom is 0.298 e. The Labute approximate surface area is 233 Å². The number of nitrogens with one attached hydrogen (secondary N) is 2. The van der Waals surface area contributed by atoms with Crippen molar-refractivity contribution in [3.63, 3.8) is 0 Å². The predicted octanol–water partition coefficient (Wildman–Crippen LogP) is 6.43. The average molecular weight is 541 g/mol. The van der Waals surface area contributed by atoms with Crippen LogP contribution in [0.3, 0.4) is 0 Å². The first-order valence-corrected chi connectivity index (χ1v) is 12.6. The van der Waals surface area contributed by atoms with Gasteiger partial charge in [-0.15, -0.1) is 18.2 Å². The molecule has 2 N–H and O–H groups in total. The van der Waals surface area contributed by atoms with Crippen molar-refractivity contribution in [3.8, 4) is 11.8 Å².